The minimum atomic E-state index is 0.223. The van der Waals surface area contributed by atoms with Gasteiger partial charge in [0.05, 0.1) is 0 Å². The molecule has 1 aromatic rings. The lowest BCUT2D eigenvalue weighted by Crippen LogP contribution is -2.03. The van der Waals surface area contributed by atoms with Crippen molar-refractivity contribution in [2.45, 2.75) is 6.42 Å². The Bertz CT molecular complexity index is 250. The van der Waals surface area contributed by atoms with Gasteiger partial charge in [0.15, 0.2) is 0 Å². The number of hydrogen-bond acceptors (Lipinski definition) is 4. The molecule has 0 unspecified atom stereocenters. The van der Waals surface area contributed by atoms with Crippen LogP contribution in [0.15, 0.2) is 6.20 Å². The lowest BCUT2D eigenvalue weighted by atomic mass is 10.2. The third-order valence-electron chi connectivity index (χ3n) is 1.28. The van der Waals surface area contributed by atoms with Gasteiger partial charge in [-0.15, -0.1) is 0 Å². The lowest BCUT2D eigenvalue weighted by molar-refractivity contribution is 1.08. The molecule has 0 saturated heterocycles. The Morgan fingerprint density at radius 3 is 2.73 bits per heavy atom. The molecule has 1 heterocycles. The van der Waals surface area contributed by atoms with Crippen LogP contribution in [0.3, 0.4) is 0 Å². The van der Waals surface area contributed by atoms with E-state index in [1.807, 2.05) is 0 Å². The van der Waals surface area contributed by atoms with Crippen molar-refractivity contribution in [3.63, 3.8) is 0 Å². The summed E-state index contributed by atoms with van der Waals surface area (Å²) in [5, 5.41) is 0.852. The highest BCUT2D eigenvalue weighted by atomic mass is 79.9. The summed E-state index contributed by atoms with van der Waals surface area (Å²) in [6.45, 7) is 0. The van der Waals surface area contributed by atoms with Crippen molar-refractivity contribution in [3.8, 4) is 0 Å². The van der Waals surface area contributed by atoms with Gasteiger partial charge < -0.3 is 11.5 Å². The smallest absolute Gasteiger partial charge is 0.221 e. The standard InChI is InChI=1S/C6H9BrN4/c7-2-1-4-3-10-6(9)11-5(4)8/h3H,1-2H2,(H4,8,9,10,11). The molecule has 0 atom stereocenters. The summed E-state index contributed by atoms with van der Waals surface area (Å²) in [6.07, 6.45) is 2.48. The monoisotopic (exact) mass is 216 g/mol. The van der Waals surface area contributed by atoms with Crippen molar-refractivity contribution >= 4 is 27.7 Å². The number of anilines is 2. The van der Waals surface area contributed by atoms with E-state index in [1.54, 1.807) is 6.20 Å². The molecule has 0 fully saturated rings. The molecule has 0 aliphatic carbocycles. The van der Waals surface area contributed by atoms with Crippen LogP contribution >= 0.6 is 15.9 Å². The number of alkyl halides is 1. The van der Waals surface area contributed by atoms with Gasteiger partial charge in [0, 0.05) is 17.1 Å². The van der Waals surface area contributed by atoms with Crippen molar-refractivity contribution in [2.75, 3.05) is 16.8 Å². The summed E-state index contributed by atoms with van der Waals surface area (Å²) in [6, 6.07) is 0. The molecule has 0 amide bonds. The van der Waals surface area contributed by atoms with E-state index in [0.717, 1.165) is 17.3 Å². The van der Waals surface area contributed by atoms with Crippen LogP contribution in [0.2, 0.25) is 0 Å². The zero-order valence-electron chi connectivity index (χ0n) is 5.92. The second-order valence-corrected chi connectivity index (χ2v) is 2.87. The first-order valence-corrected chi connectivity index (χ1v) is 4.29. The summed E-state index contributed by atoms with van der Waals surface area (Å²) < 4.78 is 0. The van der Waals surface area contributed by atoms with Crippen LogP contribution in [0.4, 0.5) is 11.8 Å². The average molecular weight is 217 g/mol. The molecular formula is C6H9BrN4. The highest BCUT2D eigenvalue weighted by Crippen LogP contribution is 2.09. The van der Waals surface area contributed by atoms with E-state index in [0.29, 0.717) is 5.82 Å². The van der Waals surface area contributed by atoms with Gasteiger partial charge in [-0.1, -0.05) is 15.9 Å². The number of nitrogens with two attached hydrogens (primary N) is 2. The fourth-order valence-corrected chi connectivity index (χ4v) is 1.16. The van der Waals surface area contributed by atoms with Gasteiger partial charge in [-0.3, -0.25) is 0 Å². The first-order valence-electron chi connectivity index (χ1n) is 3.17. The van der Waals surface area contributed by atoms with Crippen molar-refractivity contribution in [1.29, 1.82) is 0 Å². The Balaban J connectivity index is 2.90. The van der Waals surface area contributed by atoms with E-state index in [2.05, 4.69) is 25.9 Å². The topological polar surface area (TPSA) is 77.8 Å². The summed E-state index contributed by atoms with van der Waals surface area (Å²) in [4.78, 5) is 7.64. The molecule has 0 aliphatic rings. The molecule has 4 N–H and O–H groups in total. The predicted molar refractivity (Wildman–Crippen MR) is 48.4 cm³/mol. The van der Waals surface area contributed by atoms with Crippen molar-refractivity contribution < 1.29 is 0 Å². The number of aryl methyl sites for hydroxylation is 1. The molecule has 0 bridgehead atoms. The maximum Gasteiger partial charge on any atom is 0.221 e. The van der Waals surface area contributed by atoms with E-state index >= 15 is 0 Å². The first-order chi connectivity index (χ1) is 5.24. The fraction of sp³-hybridized carbons (Fsp3) is 0.333. The third kappa shape index (κ3) is 2.04. The van der Waals surface area contributed by atoms with Gasteiger partial charge in [-0.05, 0) is 6.42 Å². The predicted octanol–water partition coefficient (Wildman–Crippen LogP) is 0.578. The Morgan fingerprint density at radius 2 is 2.18 bits per heavy atom. The summed E-state index contributed by atoms with van der Waals surface area (Å²) >= 11 is 3.30. The highest BCUT2D eigenvalue weighted by Gasteiger charge is 1.99. The number of rotatable bonds is 2. The molecule has 5 heteroatoms. The third-order valence-corrected chi connectivity index (χ3v) is 1.68. The highest BCUT2D eigenvalue weighted by molar-refractivity contribution is 9.09. The first kappa shape index (κ1) is 8.26. The largest absolute Gasteiger partial charge is 0.383 e. The van der Waals surface area contributed by atoms with Crippen LogP contribution in [0, 0.1) is 0 Å². The molecule has 0 spiro atoms. The quantitative estimate of drug-likeness (QED) is 0.710. The molecule has 11 heavy (non-hydrogen) atoms. The Labute approximate surface area is 73.1 Å². The van der Waals surface area contributed by atoms with Crippen LogP contribution in [-0.2, 0) is 6.42 Å². The minimum absolute atomic E-state index is 0.223. The second kappa shape index (κ2) is 3.52. The molecule has 0 radical (unpaired) electrons. The van der Waals surface area contributed by atoms with E-state index < -0.39 is 0 Å². The molecule has 0 aromatic carbocycles. The van der Waals surface area contributed by atoms with Gasteiger partial charge in [0.25, 0.3) is 0 Å². The van der Waals surface area contributed by atoms with Crippen LogP contribution in [0.5, 0.6) is 0 Å². The Hall–Kier alpha value is -0.840. The van der Waals surface area contributed by atoms with Crippen LogP contribution in [0.25, 0.3) is 0 Å². The van der Waals surface area contributed by atoms with Crippen molar-refractivity contribution in [1.82, 2.24) is 9.97 Å². The summed E-state index contributed by atoms with van der Waals surface area (Å²) in [5.74, 6) is 0.692. The Morgan fingerprint density at radius 1 is 1.45 bits per heavy atom. The van der Waals surface area contributed by atoms with Gasteiger partial charge >= 0.3 is 0 Å². The molecule has 60 valence electrons. The molecule has 0 aliphatic heterocycles. The minimum Gasteiger partial charge on any atom is -0.383 e. The van der Waals surface area contributed by atoms with Crippen molar-refractivity contribution in [2.24, 2.45) is 0 Å². The van der Waals surface area contributed by atoms with Crippen LogP contribution in [-0.4, -0.2) is 15.3 Å². The zero-order chi connectivity index (χ0) is 8.27. The van der Waals surface area contributed by atoms with E-state index in [9.17, 15) is 0 Å². The molecule has 1 rings (SSSR count). The Kier molecular flexibility index (Phi) is 2.64. The van der Waals surface area contributed by atoms with Gasteiger partial charge in [-0.2, -0.15) is 4.98 Å². The fourth-order valence-electron chi connectivity index (χ4n) is 0.729. The number of hydrogen-bond donors (Lipinski definition) is 2. The average Bonchev–Trinajstić information content (AvgIpc) is 1.95. The maximum atomic E-state index is 5.56. The number of nitrogen functional groups attached to an aromatic ring is 2. The second-order valence-electron chi connectivity index (χ2n) is 2.08. The van der Waals surface area contributed by atoms with E-state index in [-0.39, 0.29) is 5.95 Å². The number of nitrogens with zero attached hydrogens (tertiary/aromatic N) is 2. The van der Waals surface area contributed by atoms with E-state index in [4.69, 9.17) is 11.5 Å². The molecular weight excluding hydrogens is 208 g/mol. The van der Waals surface area contributed by atoms with Crippen LogP contribution in [0.1, 0.15) is 5.56 Å². The SMILES string of the molecule is Nc1ncc(CCBr)c(N)n1. The van der Waals surface area contributed by atoms with Crippen molar-refractivity contribution in [3.05, 3.63) is 11.8 Å². The lowest BCUT2D eigenvalue weighted by Gasteiger charge is -2.01. The van der Waals surface area contributed by atoms with Gasteiger partial charge in [0.1, 0.15) is 5.82 Å². The van der Waals surface area contributed by atoms with Gasteiger partial charge in [-0.25, -0.2) is 4.98 Å². The van der Waals surface area contributed by atoms with E-state index in [1.165, 1.54) is 0 Å². The normalized spacial score (nSPS) is 9.91. The van der Waals surface area contributed by atoms with Crippen LogP contribution < -0.4 is 11.5 Å². The molecule has 0 saturated carbocycles. The molecule has 4 nitrogen and oxygen atoms in total. The number of halogens is 1. The van der Waals surface area contributed by atoms with Gasteiger partial charge in [0.2, 0.25) is 5.95 Å². The molecule has 1 aromatic heterocycles. The summed E-state index contributed by atoms with van der Waals surface area (Å²) in [7, 11) is 0. The maximum absolute atomic E-state index is 5.56. The number of aromatic nitrogens is 2. The summed E-state index contributed by atoms with van der Waals surface area (Å²) in [5.41, 5.74) is 11.8. The zero-order valence-corrected chi connectivity index (χ0v) is 7.50.